The molecular formula is C17H12ClF3N2O2. The number of anilines is 1. The first kappa shape index (κ1) is 18.6. The molecule has 0 fully saturated rings. The lowest BCUT2D eigenvalue weighted by molar-refractivity contribution is -0.137. The lowest BCUT2D eigenvalue weighted by atomic mass is 10.1. The number of carbonyl (C=O) groups excluding carboxylic acids is 1. The third-order valence-electron chi connectivity index (χ3n) is 3.21. The minimum Gasteiger partial charge on any atom is -0.481 e. The van der Waals surface area contributed by atoms with Gasteiger partial charge < -0.3 is 10.1 Å². The highest BCUT2D eigenvalue weighted by atomic mass is 35.5. The van der Waals surface area contributed by atoms with Crippen LogP contribution in [0.2, 0.25) is 5.02 Å². The molecule has 2 rings (SSSR count). The first-order valence-corrected chi connectivity index (χ1v) is 7.43. The molecule has 2 aromatic carbocycles. The van der Waals surface area contributed by atoms with Crippen LogP contribution in [-0.4, -0.2) is 12.0 Å². The Labute approximate surface area is 146 Å². The standard InChI is InChI=1S/C17H12ClF3N2O2/c1-10(25-13-5-2-11(9-22)3-6-13)16(24)23-15-7-4-12(18)8-14(15)17(19,20)21/h2-8,10H,1H3,(H,23,24). The fourth-order valence-electron chi connectivity index (χ4n) is 1.96. The zero-order chi connectivity index (χ0) is 18.6. The molecule has 0 saturated heterocycles. The number of amides is 1. The Balaban J connectivity index is 2.12. The number of nitrogens with zero attached hydrogens (tertiary/aromatic N) is 1. The normalized spacial score (nSPS) is 12.2. The predicted octanol–water partition coefficient (Wildman–Crippen LogP) is 4.64. The van der Waals surface area contributed by atoms with Gasteiger partial charge in [-0.1, -0.05) is 11.6 Å². The first-order chi connectivity index (χ1) is 11.7. The van der Waals surface area contributed by atoms with Crippen LogP contribution in [-0.2, 0) is 11.0 Å². The first-order valence-electron chi connectivity index (χ1n) is 7.05. The number of hydrogen-bond acceptors (Lipinski definition) is 3. The van der Waals surface area contributed by atoms with E-state index in [9.17, 15) is 18.0 Å². The number of hydrogen-bond donors (Lipinski definition) is 1. The molecule has 0 bridgehead atoms. The molecule has 0 radical (unpaired) electrons. The molecule has 1 atom stereocenters. The number of nitriles is 1. The van der Waals surface area contributed by atoms with Gasteiger partial charge in [-0.05, 0) is 49.4 Å². The molecule has 0 spiro atoms. The van der Waals surface area contributed by atoms with Gasteiger partial charge in [0, 0.05) is 5.02 Å². The van der Waals surface area contributed by atoms with E-state index in [1.165, 1.54) is 37.3 Å². The maximum atomic E-state index is 13.0. The summed E-state index contributed by atoms with van der Waals surface area (Å²) in [7, 11) is 0. The van der Waals surface area contributed by atoms with E-state index < -0.39 is 29.4 Å². The maximum Gasteiger partial charge on any atom is 0.418 e. The predicted molar refractivity (Wildman–Crippen MR) is 86.3 cm³/mol. The molecule has 0 aromatic heterocycles. The summed E-state index contributed by atoms with van der Waals surface area (Å²) in [4.78, 5) is 12.1. The van der Waals surface area contributed by atoms with Crippen molar-refractivity contribution in [2.24, 2.45) is 0 Å². The van der Waals surface area contributed by atoms with Gasteiger partial charge in [0.05, 0.1) is 22.9 Å². The number of alkyl halides is 3. The SMILES string of the molecule is CC(Oc1ccc(C#N)cc1)C(=O)Nc1ccc(Cl)cc1C(F)(F)F. The van der Waals surface area contributed by atoms with E-state index in [0.29, 0.717) is 11.3 Å². The lowest BCUT2D eigenvalue weighted by Crippen LogP contribution is -2.31. The number of rotatable bonds is 4. The van der Waals surface area contributed by atoms with Crippen LogP contribution in [0.1, 0.15) is 18.1 Å². The van der Waals surface area contributed by atoms with Crippen molar-refractivity contribution in [1.82, 2.24) is 0 Å². The summed E-state index contributed by atoms with van der Waals surface area (Å²) in [5.74, 6) is -0.439. The number of halogens is 4. The molecule has 2 aromatic rings. The van der Waals surface area contributed by atoms with Crippen molar-refractivity contribution in [2.45, 2.75) is 19.2 Å². The van der Waals surface area contributed by atoms with Gasteiger partial charge in [0.1, 0.15) is 5.75 Å². The molecule has 0 aliphatic carbocycles. The second-order valence-electron chi connectivity index (χ2n) is 5.07. The monoisotopic (exact) mass is 368 g/mol. The zero-order valence-electron chi connectivity index (χ0n) is 12.9. The second kappa shape index (κ2) is 7.45. The third-order valence-corrected chi connectivity index (χ3v) is 3.45. The number of carbonyl (C=O) groups is 1. The van der Waals surface area contributed by atoms with Gasteiger partial charge in [-0.2, -0.15) is 18.4 Å². The van der Waals surface area contributed by atoms with Crippen LogP contribution in [0.4, 0.5) is 18.9 Å². The van der Waals surface area contributed by atoms with Crippen molar-refractivity contribution in [3.63, 3.8) is 0 Å². The Hall–Kier alpha value is -2.72. The van der Waals surface area contributed by atoms with Gasteiger partial charge in [0.2, 0.25) is 0 Å². The molecule has 8 heteroatoms. The molecule has 0 aliphatic rings. The Morgan fingerprint density at radius 3 is 2.44 bits per heavy atom. The molecular weight excluding hydrogens is 357 g/mol. The van der Waals surface area contributed by atoms with Crippen LogP contribution in [0.25, 0.3) is 0 Å². The highest BCUT2D eigenvalue weighted by Gasteiger charge is 2.34. The molecule has 4 nitrogen and oxygen atoms in total. The summed E-state index contributed by atoms with van der Waals surface area (Å²) in [5, 5.41) is 10.8. The molecule has 25 heavy (non-hydrogen) atoms. The number of benzene rings is 2. The maximum absolute atomic E-state index is 13.0. The summed E-state index contributed by atoms with van der Waals surface area (Å²) >= 11 is 5.59. The molecule has 0 aliphatic heterocycles. The summed E-state index contributed by atoms with van der Waals surface area (Å²) in [6.45, 7) is 1.40. The van der Waals surface area contributed by atoms with Crippen molar-refractivity contribution in [3.05, 3.63) is 58.6 Å². The smallest absolute Gasteiger partial charge is 0.418 e. The van der Waals surface area contributed by atoms with E-state index in [2.05, 4.69) is 5.32 Å². The zero-order valence-corrected chi connectivity index (χ0v) is 13.7. The van der Waals surface area contributed by atoms with Gasteiger partial charge >= 0.3 is 6.18 Å². The van der Waals surface area contributed by atoms with Crippen molar-refractivity contribution in [2.75, 3.05) is 5.32 Å². The van der Waals surface area contributed by atoms with Gasteiger partial charge in [-0.3, -0.25) is 4.79 Å². The number of nitrogens with one attached hydrogen (secondary N) is 1. The van der Waals surface area contributed by atoms with Gasteiger partial charge in [-0.15, -0.1) is 0 Å². The van der Waals surface area contributed by atoms with Gasteiger partial charge in [0.25, 0.3) is 5.91 Å². The Bertz CT molecular complexity index is 814. The summed E-state index contributed by atoms with van der Waals surface area (Å²) in [6, 6.07) is 11.0. The average Bonchev–Trinajstić information content (AvgIpc) is 2.56. The Kier molecular flexibility index (Phi) is 5.55. The van der Waals surface area contributed by atoms with Crippen LogP contribution >= 0.6 is 11.6 Å². The number of ether oxygens (including phenoxy) is 1. The molecule has 1 N–H and O–H groups in total. The highest BCUT2D eigenvalue weighted by Crippen LogP contribution is 2.36. The van der Waals surface area contributed by atoms with E-state index in [1.807, 2.05) is 6.07 Å². The largest absolute Gasteiger partial charge is 0.481 e. The fraction of sp³-hybridized carbons (Fsp3) is 0.176. The van der Waals surface area contributed by atoms with Crippen molar-refractivity contribution in [3.8, 4) is 11.8 Å². The molecule has 130 valence electrons. The van der Waals surface area contributed by atoms with Gasteiger partial charge in [0.15, 0.2) is 6.10 Å². The van der Waals surface area contributed by atoms with E-state index in [4.69, 9.17) is 21.6 Å². The Morgan fingerprint density at radius 1 is 1.24 bits per heavy atom. The summed E-state index contributed by atoms with van der Waals surface area (Å²) < 4.78 is 44.5. The third kappa shape index (κ3) is 4.88. The van der Waals surface area contributed by atoms with Crippen molar-refractivity contribution >= 4 is 23.2 Å². The average molecular weight is 369 g/mol. The fourth-order valence-corrected chi connectivity index (χ4v) is 2.13. The second-order valence-corrected chi connectivity index (χ2v) is 5.51. The topological polar surface area (TPSA) is 62.1 Å². The van der Waals surface area contributed by atoms with E-state index in [0.717, 1.165) is 12.1 Å². The van der Waals surface area contributed by atoms with Crippen LogP contribution in [0.15, 0.2) is 42.5 Å². The summed E-state index contributed by atoms with van der Waals surface area (Å²) in [5.41, 5.74) is -1.03. The van der Waals surface area contributed by atoms with E-state index in [1.54, 1.807) is 0 Å². The Morgan fingerprint density at radius 2 is 1.88 bits per heavy atom. The quantitative estimate of drug-likeness (QED) is 0.855. The minimum absolute atomic E-state index is 0.0906. The minimum atomic E-state index is -4.66. The van der Waals surface area contributed by atoms with Gasteiger partial charge in [-0.25, -0.2) is 0 Å². The molecule has 1 amide bonds. The highest BCUT2D eigenvalue weighted by molar-refractivity contribution is 6.30. The van der Waals surface area contributed by atoms with Crippen LogP contribution in [0.3, 0.4) is 0 Å². The lowest BCUT2D eigenvalue weighted by Gasteiger charge is -2.18. The van der Waals surface area contributed by atoms with Crippen LogP contribution in [0, 0.1) is 11.3 Å². The van der Waals surface area contributed by atoms with Crippen LogP contribution < -0.4 is 10.1 Å². The van der Waals surface area contributed by atoms with Crippen molar-refractivity contribution in [1.29, 1.82) is 5.26 Å². The molecule has 0 saturated carbocycles. The van der Waals surface area contributed by atoms with Crippen LogP contribution in [0.5, 0.6) is 5.75 Å². The summed E-state index contributed by atoms with van der Waals surface area (Å²) in [6.07, 6.45) is -5.71. The molecule has 1 unspecified atom stereocenters. The molecule has 0 heterocycles. The van der Waals surface area contributed by atoms with E-state index in [-0.39, 0.29) is 5.02 Å². The van der Waals surface area contributed by atoms with Crippen molar-refractivity contribution < 1.29 is 22.7 Å². The van der Waals surface area contributed by atoms with E-state index >= 15 is 0 Å².